The molecule has 2 aliphatic heterocycles. The summed E-state index contributed by atoms with van der Waals surface area (Å²) < 4.78 is 28.7. The molecule has 3 rings (SSSR count). The van der Waals surface area contributed by atoms with Crippen LogP contribution in [0.5, 0.6) is 5.75 Å². The third-order valence-corrected chi connectivity index (χ3v) is 7.47. The fourth-order valence-corrected chi connectivity index (χ4v) is 5.91. The number of benzene rings is 1. The summed E-state index contributed by atoms with van der Waals surface area (Å²) in [6.07, 6.45) is 3.18. The van der Waals surface area contributed by atoms with Gasteiger partial charge in [-0.25, -0.2) is 8.42 Å². The van der Waals surface area contributed by atoms with E-state index in [-0.39, 0.29) is 41.7 Å². The molecule has 2 saturated heterocycles. The summed E-state index contributed by atoms with van der Waals surface area (Å²) in [5.41, 5.74) is 1.23. The molecule has 2 unspecified atom stereocenters. The van der Waals surface area contributed by atoms with Crippen LogP contribution in [0.25, 0.3) is 0 Å². The number of nitrogens with zero attached hydrogens (tertiary/aromatic N) is 2. The Morgan fingerprint density at radius 2 is 2.07 bits per heavy atom. The molecule has 2 N–H and O–H groups in total. The Bertz CT molecular complexity index is 782. The van der Waals surface area contributed by atoms with Gasteiger partial charge in [-0.15, -0.1) is 24.0 Å². The molecule has 0 amide bonds. The molecule has 2 heterocycles. The molecule has 1 aromatic carbocycles. The number of sulfone groups is 1. The first-order valence-electron chi connectivity index (χ1n) is 10.0. The van der Waals surface area contributed by atoms with E-state index in [4.69, 9.17) is 4.74 Å². The van der Waals surface area contributed by atoms with E-state index in [0.29, 0.717) is 12.3 Å². The molecule has 29 heavy (non-hydrogen) atoms. The van der Waals surface area contributed by atoms with Crippen molar-refractivity contribution in [2.75, 3.05) is 51.8 Å². The Kier molecular flexibility index (Phi) is 9.48. The normalized spacial score (nSPS) is 22.7. The number of ether oxygens (including phenoxy) is 1. The summed E-state index contributed by atoms with van der Waals surface area (Å²) in [5, 5.41) is 6.73. The highest BCUT2D eigenvalue weighted by Gasteiger charge is 2.28. The Labute approximate surface area is 191 Å². The number of hydrogen-bond acceptors (Lipinski definition) is 5. The number of likely N-dealkylation sites (tertiary alicyclic amines) is 1. The van der Waals surface area contributed by atoms with E-state index in [2.05, 4.69) is 32.7 Å². The highest BCUT2D eigenvalue weighted by Crippen LogP contribution is 2.27. The minimum Gasteiger partial charge on any atom is -0.497 e. The molecule has 9 heteroatoms. The number of rotatable bonds is 7. The molecule has 2 fully saturated rings. The number of halogens is 1. The Morgan fingerprint density at radius 3 is 2.69 bits per heavy atom. The van der Waals surface area contributed by atoms with Crippen LogP contribution in [0.4, 0.5) is 0 Å². The summed E-state index contributed by atoms with van der Waals surface area (Å²) in [6.45, 7) is 3.55. The lowest BCUT2D eigenvalue weighted by atomic mass is 10.1. The van der Waals surface area contributed by atoms with Gasteiger partial charge in [0.05, 0.1) is 24.7 Å². The molecule has 1 aromatic rings. The first-order chi connectivity index (χ1) is 13.5. The third kappa shape index (κ3) is 6.99. The molecule has 0 aliphatic carbocycles. The van der Waals surface area contributed by atoms with Gasteiger partial charge in [0.25, 0.3) is 0 Å². The van der Waals surface area contributed by atoms with Gasteiger partial charge in [0, 0.05) is 20.1 Å². The van der Waals surface area contributed by atoms with Crippen molar-refractivity contribution in [3.8, 4) is 5.75 Å². The average molecular weight is 536 g/mol. The second kappa shape index (κ2) is 11.4. The van der Waals surface area contributed by atoms with Crippen molar-refractivity contribution in [1.29, 1.82) is 0 Å². The maximum Gasteiger partial charge on any atom is 0.191 e. The monoisotopic (exact) mass is 536 g/mol. The topological polar surface area (TPSA) is 83.0 Å². The second-order valence-electron chi connectivity index (χ2n) is 7.64. The molecular weight excluding hydrogens is 503 g/mol. The van der Waals surface area contributed by atoms with Crippen LogP contribution in [0.1, 0.15) is 30.9 Å². The quantitative estimate of drug-likeness (QED) is 0.316. The van der Waals surface area contributed by atoms with E-state index in [1.165, 1.54) is 18.4 Å². The summed E-state index contributed by atoms with van der Waals surface area (Å²) in [6, 6.07) is 8.48. The van der Waals surface area contributed by atoms with Gasteiger partial charge in [-0.1, -0.05) is 12.1 Å². The number of nitrogens with one attached hydrogen (secondary N) is 2. The maximum absolute atomic E-state index is 11.6. The lowest BCUT2D eigenvalue weighted by Gasteiger charge is -2.29. The third-order valence-electron chi connectivity index (χ3n) is 5.63. The summed E-state index contributed by atoms with van der Waals surface area (Å²) in [7, 11) is 0.590. The molecule has 0 saturated carbocycles. The Morgan fingerprint density at radius 1 is 1.31 bits per heavy atom. The lowest BCUT2D eigenvalue weighted by Crippen LogP contribution is -2.44. The van der Waals surface area contributed by atoms with Crippen molar-refractivity contribution in [1.82, 2.24) is 15.5 Å². The molecule has 0 radical (unpaired) electrons. The smallest absolute Gasteiger partial charge is 0.191 e. The van der Waals surface area contributed by atoms with Gasteiger partial charge in [-0.3, -0.25) is 9.89 Å². The van der Waals surface area contributed by atoms with Gasteiger partial charge in [0.1, 0.15) is 5.75 Å². The van der Waals surface area contributed by atoms with Crippen LogP contribution in [0.15, 0.2) is 29.3 Å². The molecule has 2 aliphatic rings. The zero-order valence-electron chi connectivity index (χ0n) is 17.3. The van der Waals surface area contributed by atoms with Crippen molar-refractivity contribution in [3.05, 3.63) is 29.8 Å². The largest absolute Gasteiger partial charge is 0.497 e. The van der Waals surface area contributed by atoms with Gasteiger partial charge >= 0.3 is 0 Å². The van der Waals surface area contributed by atoms with E-state index >= 15 is 0 Å². The minimum absolute atomic E-state index is 0. The Balaban J connectivity index is 0.00000300. The van der Waals surface area contributed by atoms with Crippen molar-refractivity contribution in [2.45, 2.75) is 25.3 Å². The van der Waals surface area contributed by atoms with E-state index in [0.717, 1.165) is 37.8 Å². The van der Waals surface area contributed by atoms with Crippen LogP contribution < -0.4 is 15.4 Å². The van der Waals surface area contributed by atoms with Gasteiger partial charge in [-0.2, -0.15) is 0 Å². The average Bonchev–Trinajstić information content (AvgIpc) is 3.34. The van der Waals surface area contributed by atoms with Crippen LogP contribution in [0.2, 0.25) is 0 Å². The van der Waals surface area contributed by atoms with Crippen molar-refractivity contribution in [2.24, 2.45) is 10.9 Å². The lowest BCUT2D eigenvalue weighted by molar-refractivity contribution is 0.245. The fourth-order valence-electron chi connectivity index (χ4n) is 4.05. The highest BCUT2D eigenvalue weighted by atomic mass is 127. The second-order valence-corrected chi connectivity index (χ2v) is 9.87. The van der Waals surface area contributed by atoms with Gasteiger partial charge in [0.2, 0.25) is 0 Å². The highest BCUT2D eigenvalue weighted by molar-refractivity contribution is 14.0. The van der Waals surface area contributed by atoms with Crippen LogP contribution in [-0.4, -0.2) is 71.1 Å². The number of guanidine groups is 1. The molecule has 0 bridgehead atoms. The van der Waals surface area contributed by atoms with Crippen LogP contribution in [-0.2, 0) is 9.84 Å². The molecule has 0 spiro atoms. The fraction of sp³-hybridized carbons (Fsp3) is 0.650. The first kappa shape index (κ1) is 24.2. The maximum atomic E-state index is 11.6. The number of hydrogen-bond donors (Lipinski definition) is 2. The summed E-state index contributed by atoms with van der Waals surface area (Å²) >= 11 is 0. The van der Waals surface area contributed by atoms with Crippen molar-refractivity contribution < 1.29 is 13.2 Å². The predicted molar refractivity (Wildman–Crippen MR) is 128 cm³/mol. The van der Waals surface area contributed by atoms with Crippen molar-refractivity contribution in [3.63, 3.8) is 0 Å². The summed E-state index contributed by atoms with van der Waals surface area (Å²) in [4.78, 5) is 6.81. The number of methoxy groups -OCH3 is 1. The van der Waals surface area contributed by atoms with E-state index in [9.17, 15) is 8.42 Å². The molecule has 2 atom stereocenters. The van der Waals surface area contributed by atoms with E-state index < -0.39 is 9.84 Å². The molecule has 7 nitrogen and oxygen atoms in total. The Hall–Kier alpha value is -1.07. The molecule has 164 valence electrons. The van der Waals surface area contributed by atoms with Gasteiger partial charge in [0.15, 0.2) is 15.8 Å². The van der Waals surface area contributed by atoms with Crippen LogP contribution >= 0.6 is 24.0 Å². The van der Waals surface area contributed by atoms with Crippen molar-refractivity contribution >= 4 is 39.8 Å². The summed E-state index contributed by atoms with van der Waals surface area (Å²) in [5.74, 6) is 2.33. The standard InChI is InChI=1S/C20H32N4O3S.HI/c1-21-20(22-13-16-8-11-28(25,26)15-16)23-14-19(24-9-3-4-10-24)17-6-5-7-18(12-17)27-2;/h5-7,12,16,19H,3-4,8-11,13-15H2,1-2H3,(H2,21,22,23);1H. The van der Waals surface area contributed by atoms with Gasteiger partial charge in [-0.05, 0) is 56.0 Å². The number of aliphatic imine (C=N–C) groups is 1. The zero-order chi connectivity index (χ0) is 20.0. The zero-order valence-corrected chi connectivity index (χ0v) is 20.4. The van der Waals surface area contributed by atoms with E-state index in [1.807, 2.05) is 12.1 Å². The molecular formula is C20H33IN4O3S. The predicted octanol–water partition coefficient (Wildman–Crippen LogP) is 2.05. The van der Waals surface area contributed by atoms with Crippen LogP contribution in [0, 0.1) is 5.92 Å². The minimum atomic E-state index is -2.85. The van der Waals surface area contributed by atoms with Crippen LogP contribution in [0.3, 0.4) is 0 Å². The first-order valence-corrected chi connectivity index (χ1v) is 11.9. The van der Waals surface area contributed by atoms with Gasteiger partial charge < -0.3 is 15.4 Å². The SMILES string of the molecule is CN=C(NCC1CCS(=O)(=O)C1)NCC(c1cccc(OC)c1)N1CCCC1.I. The molecule has 0 aromatic heterocycles. The van der Waals surface area contributed by atoms with E-state index in [1.54, 1.807) is 14.2 Å².